The lowest BCUT2D eigenvalue weighted by Gasteiger charge is -2.05. The Kier molecular flexibility index (Phi) is 5.89. The molecule has 4 rings (SSSR count). The quantitative estimate of drug-likeness (QED) is 0.347. The monoisotopic (exact) mass is 434 g/mol. The molecule has 1 amide bonds. The van der Waals surface area contributed by atoms with Crippen LogP contribution in [0.1, 0.15) is 17.3 Å². The van der Waals surface area contributed by atoms with Gasteiger partial charge in [-0.3, -0.25) is 9.59 Å². The van der Waals surface area contributed by atoms with Crippen molar-refractivity contribution in [2.24, 2.45) is 7.05 Å². The van der Waals surface area contributed by atoms with Crippen molar-refractivity contribution < 1.29 is 14.1 Å². The van der Waals surface area contributed by atoms with E-state index in [1.54, 1.807) is 35.9 Å². The second-order valence-electron chi connectivity index (χ2n) is 6.62. The van der Waals surface area contributed by atoms with Crippen LogP contribution in [0.25, 0.3) is 23.1 Å². The summed E-state index contributed by atoms with van der Waals surface area (Å²) in [6.45, 7) is 1.50. The Hall–Kier alpha value is -3.79. The first kappa shape index (κ1) is 20.5. The summed E-state index contributed by atoms with van der Waals surface area (Å²) in [5.74, 6) is 1.04. The first-order valence-electron chi connectivity index (χ1n) is 9.34. The lowest BCUT2D eigenvalue weighted by atomic mass is 10.1. The summed E-state index contributed by atoms with van der Waals surface area (Å²) in [6.07, 6.45) is 0. The molecule has 9 nitrogen and oxygen atoms in total. The fraction of sp³-hybridized carbons (Fsp3) is 0.143. The highest BCUT2D eigenvalue weighted by molar-refractivity contribution is 7.99. The number of hydrogen-bond donors (Lipinski definition) is 1. The SMILES string of the molecule is CC(=O)c1ccc(NC(=O)CSc2nnc(-c3nc(-c4ccccc4)no3)n2C)cc1. The number of aromatic nitrogens is 5. The standard InChI is InChI=1S/C21H18N6O3S/c1-13(28)14-8-10-16(11-9-14)22-17(29)12-31-21-25-24-19(27(21)2)20-23-18(26-30-20)15-6-4-3-5-7-15/h3-11H,12H2,1-2H3,(H,22,29). The van der Waals surface area contributed by atoms with Crippen LogP contribution in [0.2, 0.25) is 0 Å². The van der Waals surface area contributed by atoms with Crippen molar-refractivity contribution in [3.63, 3.8) is 0 Å². The van der Waals surface area contributed by atoms with E-state index in [1.807, 2.05) is 30.3 Å². The largest absolute Gasteiger partial charge is 0.330 e. The number of benzene rings is 2. The van der Waals surface area contributed by atoms with E-state index in [0.29, 0.717) is 28.1 Å². The molecule has 0 saturated carbocycles. The summed E-state index contributed by atoms with van der Waals surface area (Å²) in [7, 11) is 1.77. The second kappa shape index (κ2) is 8.92. The van der Waals surface area contributed by atoms with Gasteiger partial charge in [0.15, 0.2) is 10.9 Å². The zero-order chi connectivity index (χ0) is 21.8. The van der Waals surface area contributed by atoms with Gasteiger partial charge < -0.3 is 14.4 Å². The Morgan fingerprint density at radius 2 is 1.81 bits per heavy atom. The van der Waals surface area contributed by atoms with Crippen molar-refractivity contribution in [2.45, 2.75) is 12.1 Å². The first-order chi connectivity index (χ1) is 15.0. The summed E-state index contributed by atoms with van der Waals surface area (Å²) < 4.78 is 7.03. The van der Waals surface area contributed by atoms with Gasteiger partial charge in [0.25, 0.3) is 5.89 Å². The number of amides is 1. The average molecular weight is 434 g/mol. The molecule has 2 aromatic heterocycles. The number of thioether (sulfide) groups is 1. The normalized spacial score (nSPS) is 10.8. The van der Waals surface area contributed by atoms with Gasteiger partial charge >= 0.3 is 0 Å². The van der Waals surface area contributed by atoms with Gasteiger partial charge in [-0.15, -0.1) is 10.2 Å². The van der Waals surface area contributed by atoms with Crippen molar-refractivity contribution in [3.8, 4) is 23.1 Å². The van der Waals surface area contributed by atoms with Crippen LogP contribution in [0.3, 0.4) is 0 Å². The van der Waals surface area contributed by atoms with Gasteiger partial charge in [-0.2, -0.15) is 4.98 Å². The molecule has 0 bridgehead atoms. The summed E-state index contributed by atoms with van der Waals surface area (Å²) >= 11 is 1.23. The van der Waals surface area contributed by atoms with Crippen LogP contribution in [-0.4, -0.2) is 42.3 Å². The number of hydrogen-bond acceptors (Lipinski definition) is 8. The predicted molar refractivity (Wildman–Crippen MR) is 116 cm³/mol. The maximum Gasteiger partial charge on any atom is 0.296 e. The zero-order valence-corrected chi connectivity index (χ0v) is 17.6. The molecule has 0 atom stereocenters. The molecular formula is C21H18N6O3S. The highest BCUT2D eigenvalue weighted by Gasteiger charge is 2.19. The molecule has 0 radical (unpaired) electrons. The minimum atomic E-state index is -0.200. The van der Waals surface area contributed by atoms with Crippen LogP contribution in [0, 0.1) is 0 Å². The summed E-state index contributed by atoms with van der Waals surface area (Å²) in [6, 6.07) is 16.2. The van der Waals surface area contributed by atoms with Crippen LogP contribution >= 0.6 is 11.8 Å². The predicted octanol–water partition coefficient (Wildman–Crippen LogP) is 3.47. The molecule has 156 valence electrons. The minimum absolute atomic E-state index is 0.0244. The van der Waals surface area contributed by atoms with Gasteiger partial charge in [0.2, 0.25) is 17.6 Å². The molecule has 2 aromatic carbocycles. The van der Waals surface area contributed by atoms with Crippen LogP contribution in [0.15, 0.2) is 64.3 Å². The van der Waals surface area contributed by atoms with Gasteiger partial charge in [0.1, 0.15) is 0 Å². The van der Waals surface area contributed by atoms with Crippen molar-refractivity contribution in [1.82, 2.24) is 24.9 Å². The van der Waals surface area contributed by atoms with E-state index in [4.69, 9.17) is 4.52 Å². The molecule has 4 aromatic rings. The summed E-state index contributed by atoms with van der Waals surface area (Å²) in [5.41, 5.74) is 2.05. The highest BCUT2D eigenvalue weighted by Crippen LogP contribution is 2.24. The molecule has 0 spiro atoms. The van der Waals surface area contributed by atoms with E-state index in [2.05, 4.69) is 25.7 Å². The van der Waals surface area contributed by atoms with E-state index in [1.165, 1.54) is 18.7 Å². The van der Waals surface area contributed by atoms with E-state index < -0.39 is 0 Å². The van der Waals surface area contributed by atoms with Crippen molar-refractivity contribution in [2.75, 3.05) is 11.1 Å². The van der Waals surface area contributed by atoms with Crippen LogP contribution in [0.4, 0.5) is 5.69 Å². The molecule has 0 fully saturated rings. The Balaban J connectivity index is 1.39. The lowest BCUT2D eigenvalue weighted by molar-refractivity contribution is -0.113. The number of rotatable bonds is 7. The van der Waals surface area contributed by atoms with Gasteiger partial charge in [0, 0.05) is 23.9 Å². The fourth-order valence-electron chi connectivity index (χ4n) is 2.76. The summed E-state index contributed by atoms with van der Waals surface area (Å²) in [5, 5.41) is 15.5. The molecule has 0 saturated heterocycles. The van der Waals surface area contributed by atoms with Gasteiger partial charge in [-0.05, 0) is 31.2 Å². The molecule has 0 aliphatic rings. The third kappa shape index (κ3) is 4.69. The summed E-state index contributed by atoms with van der Waals surface area (Å²) in [4.78, 5) is 28.0. The van der Waals surface area contributed by atoms with Crippen LogP contribution in [-0.2, 0) is 11.8 Å². The number of anilines is 1. The number of carbonyl (C=O) groups excluding carboxylic acids is 2. The first-order valence-corrected chi connectivity index (χ1v) is 10.3. The van der Waals surface area contributed by atoms with E-state index in [-0.39, 0.29) is 23.3 Å². The molecule has 0 unspecified atom stereocenters. The molecule has 2 heterocycles. The second-order valence-corrected chi connectivity index (χ2v) is 7.57. The molecular weight excluding hydrogens is 416 g/mol. The Morgan fingerprint density at radius 1 is 1.06 bits per heavy atom. The van der Waals surface area contributed by atoms with E-state index in [0.717, 1.165) is 5.56 Å². The van der Waals surface area contributed by atoms with Crippen molar-refractivity contribution in [3.05, 3.63) is 60.2 Å². The molecule has 0 aliphatic heterocycles. The van der Waals surface area contributed by atoms with Crippen LogP contribution < -0.4 is 5.32 Å². The van der Waals surface area contributed by atoms with Gasteiger partial charge in [0.05, 0.1) is 5.75 Å². The maximum atomic E-state index is 12.3. The Labute approximate surface area is 181 Å². The fourth-order valence-corrected chi connectivity index (χ4v) is 3.47. The van der Waals surface area contributed by atoms with E-state index >= 15 is 0 Å². The molecule has 0 aliphatic carbocycles. The number of nitrogens with one attached hydrogen (secondary N) is 1. The third-order valence-electron chi connectivity index (χ3n) is 4.39. The molecule has 1 N–H and O–H groups in total. The van der Waals surface area contributed by atoms with Crippen LogP contribution in [0.5, 0.6) is 0 Å². The maximum absolute atomic E-state index is 12.3. The number of Topliss-reactive ketones (excluding diaryl/α,β-unsaturated/α-hetero) is 1. The zero-order valence-electron chi connectivity index (χ0n) is 16.8. The minimum Gasteiger partial charge on any atom is -0.330 e. The highest BCUT2D eigenvalue weighted by atomic mass is 32.2. The average Bonchev–Trinajstić information content (AvgIpc) is 3.40. The molecule has 10 heteroatoms. The van der Waals surface area contributed by atoms with Gasteiger partial charge in [-0.1, -0.05) is 47.3 Å². The third-order valence-corrected chi connectivity index (χ3v) is 5.41. The van der Waals surface area contributed by atoms with Crippen molar-refractivity contribution in [1.29, 1.82) is 0 Å². The number of carbonyl (C=O) groups is 2. The van der Waals surface area contributed by atoms with E-state index in [9.17, 15) is 9.59 Å². The number of ketones is 1. The smallest absolute Gasteiger partial charge is 0.296 e. The van der Waals surface area contributed by atoms with Gasteiger partial charge in [-0.25, -0.2) is 0 Å². The lowest BCUT2D eigenvalue weighted by Crippen LogP contribution is -2.14. The topological polar surface area (TPSA) is 116 Å². The Bertz CT molecular complexity index is 1220. The Morgan fingerprint density at radius 3 is 2.52 bits per heavy atom. The number of nitrogens with zero attached hydrogens (tertiary/aromatic N) is 5. The molecule has 31 heavy (non-hydrogen) atoms. The van der Waals surface area contributed by atoms with Crippen molar-refractivity contribution >= 4 is 29.1 Å².